The second-order valence-corrected chi connectivity index (χ2v) is 7.61. The van der Waals surface area contributed by atoms with Gasteiger partial charge in [-0.25, -0.2) is 4.39 Å². The van der Waals surface area contributed by atoms with E-state index in [0.717, 1.165) is 36.4 Å². The van der Waals surface area contributed by atoms with E-state index >= 15 is 0 Å². The number of ether oxygens (including phenoxy) is 1. The molecule has 0 unspecified atom stereocenters. The van der Waals surface area contributed by atoms with Crippen LogP contribution in [0.25, 0.3) is 0 Å². The topological polar surface area (TPSA) is 9.23 Å². The van der Waals surface area contributed by atoms with Crippen molar-refractivity contribution in [3.8, 4) is 5.75 Å². The first kappa shape index (κ1) is 17.5. The maximum Gasteiger partial charge on any atom is 0.119 e. The maximum absolute atomic E-state index is 12.3. The molecule has 0 amide bonds. The van der Waals surface area contributed by atoms with Crippen LogP contribution in [0.5, 0.6) is 5.75 Å². The van der Waals surface area contributed by atoms with Crippen LogP contribution in [-0.4, -0.2) is 6.61 Å². The first-order valence-electron chi connectivity index (χ1n) is 9.79. The van der Waals surface area contributed by atoms with Crippen molar-refractivity contribution in [3.05, 3.63) is 42.2 Å². The molecule has 0 aromatic heterocycles. The molecule has 0 heterocycles. The summed E-state index contributed by atoms with van der Waals surface area (Å²) in [6.07, 6.45) is 12.9. The summed E-state index contributed by atoms with van der Waals surface area (Å²) in [4.78, 5) is 0. The van der Waals surface area contributed by atoms with Crippen molar-refractivity contribution in [1.82, 2.24) is 0 Å². The Labute approximate surface area is 146 Å². The standard InChI is InChI=1S/C22H31FO/c1-2-24-22-13-11-21(12-14-22)20-9-7-19(8-10-20)18-5-3-17(4-6-18)15-16-23/h11-20H,2-10H2,1H3. The van der Waals surface area contributed by atoms with Gasteiger partial charge in [0.15, 0.2) is 0 Å². The molecule has 2 aliphatic carbocycles. The van der Waals surface area contributed by atoms with Crippen molar-refractivity contribution in [2.24, 2.45) is 17.8 Å². The summed E-state index contributed by atoms with van der Waals surface area (Å²) < 4.78 is 17.9. The van der Waals surface area contributed by atoms with Gasteiger partial charge in [-0.15, -0.1) is 0 Å². The van der Waals surface area contributed by atoms with Crippen LogP contribution in [-0.2, 0) is 0 Å². The molecule has 2 saturated carbocycles. The number of rotatable bonds is 5. The van der Waals surface area contributed by atoms with Crippen LogP contribution in [0.1, 0.15) is 69.8 Å². The Bertz CT molecular complexity index is 505. The largest absolute Gasteiger partial charge is 0.494 e. The fourth-order valence-electron chi connectivity index (χ4n) is 4.84. The molecular weight excluding hydrogens is 299 g/mol. The van der Waals surface area contributed by atoms with Crippen LogP contribution in [0.3, 0.4) is 0 Å². The van der Waals surface area contributed by atoms with Gasteiger partial charge in [-0.3, -0.25) is 0 Å². The van der Waals surface area contributed by atoms with Crippen LogP contribution < -0.4 is 4.74 Å². The minimum absolute atomic E-state index is 0.492. The molecule has 2 aliphatic rings. The average Bonchev–Trinajstić information content (AvgIpc) is 2.64. The van der Waals surface area contributed by atoms with E-state index in [2.05, 4.69) is 24.3 Å². The minimum Gasteiger partial charge on any atom is -0.494 e. The predicted molar refractivity (Wildman–Crippen MR) is 98.0 cm³/mol. The van der Waals surface area contributed by atoms with Crippen molar-refractivity contribution >= 4 is 0 Å². The van der Waals surface area contributed by atoms with Crippen molar-refractivity contribution in [2.45, 2.75) is 64.2 Å². The van der Waals surface area contributed by atoms with Gasteiger partial charge < -0.3 is 4.74 Å². The fraction of sp³-hybridized carbons (Fsp3) is 0.636. The van der Waals surface area contributed by atoms with Crippen molar-refractivity contribution in [1.29, 1.82) is 0 Å². The Morgan fingerprint density at radius 1 is 0.917 bits per heavy atom. The highest BCUT2D eigenvalue weighted by molar-refractivity contribution is 5.29. The Kier molecular flexibility index (Phi) is 6.34. The molecule has 1 nitrogen and oxygen atoms in total. The van der Waals surface area contributed by atoms with E-state index in [1.165, 1.54) is 56.9 Å². The average molecular weight is 330 g/mol. The summed E-state index contributed by atoms with van der Waals surface area (Å²) >= 11 is 0. The number of halogens is 1. The smallest absolute Gasteiger partial charge is 0.119 e. The lowest BCUT2D eigenvalue weighted by atomic mass is 9.68. The molecule has 0 spiro atoms. The fourth-order valence-corrected chi connectivity index (χ4v) is 4.84. The Balaban J connectivity index is 1.47. The van der Waals surface area contributed by atoms with Crippen molar-refractivity contribution in [2.75, 3.05) is 6.61 Å². The minimum atomic E-state index is 0.492. The predicted octanol–water partition coefficient (Wildman–Crippen LogP) is 6.65. The van der Waals surface area contributed by atoms with Gasteiger partial charge in [0.1, 0.15) is 5.75 Å². The van der Waals surface area contributed by atoms with Crippen LogP contribution >= 0.6 is 0 Å². The lowest BCUT2D eigenvalue weighted by Gasteiger charge is -2.37. The van der Waals surface area contributed by atoms with Crippen LogP contribution in [0.2, 0.25) is 0 Å². The van der Waals surface area contributed by atoms with Crippen molar-refractivity contribution in [3.63, 3.8) is 0 Å². The second kappa shape index (κ2) is 8.69. The molecule has 0 bridgehead atoms. The molecule has 0 aliphatic heterocycles. The van der Waals surface area contributed by atoms with E-state index in [0.29, 0.717) is 5.92 Å². The van der Waals surface area contributed by atoms with Crippen LogP contribution in [0.4, 0.5) is 4.39 Å². The molecular formula is C22H31FO. The highest BCUT2D eigenvalue weighted by atomic mass is 19.1. The third-order valence-electron chi connectivity index (χ3n) is 6.26. The molecule has 0 saturated heterocycles. The van der Waals surface area contributed by atoms with E-state index in [-0.39, 0.29) is 0 Å². The highest BCUT2D eigenvalue weighted by Crippen LogP contribution is 2.44. The van der Waals surface area contributed by atoms with Gasteiger partial charge in [-0.2, -0.15) is 0 Å². The van der Waals surface area contributed by atoms with Gasteiger partial charge in [0.05, 0.1) is 12.9 Å². The molecule has 0 atom stereocenters. The van der Waals surface area contributed by atoms with E-state index < -0.39 is 0 Å². The van der Waals surface area contributed by atoms with E-state index in [4.69, 9.17) is 4.74 Å². The lowest BCUT2D eigenvalue weighted by molar-refractivity contribution is 0.171. The second-order valence-electron chi connectivity index (χ2n) is 7.61. The Morgan fingerprint density at radius 2 is 1.50 bits per heavy atom. The monoisotopic (exact) mass is 330 g/mol. The summed E-state index contributed by atoms with van der Waals surface area (Å²) in [5.41, 5.74) is 1.48. The quantitative estimate of drug-likeness (QED) is 0.587. The molecule has 0 radical (unpaired) electrons. The molecule has 1 aromatic carbocycles. The third kappa shape index (κ3) is 4.40. The zero-order chi connectivity index (χ0) is 16.8. The summed E-state index contributed by atoms with van der Waals surface area (Å²) in [7, 11) is 0. The van der Waals surface area contributed by atoms with Gasteiger partial charge in [0, 0.05) is 0 Å². The van der Waals surface area contributed by atoms with Gasteiger partial charge in [-0.05, 0) is 99.7 Å². The molecule has 1 aromatic rings. The van der Waals surface area contributed by atoms with Gasteiger partial charge >= 0.3 is 0 Å². The molecule has 3 rings (SSSR count). The summed E-state index contributed by atoms with van der Waals surface area (Å²) in [5.74, 6) is 3.98. The van der Waals surface area contributed by atoms with Gasteiger partial charge in [-0.1, -0.05) is 18.2 Å². The summed E-state index contributed by atoms with van der Waals surface area (Å²) in [5, 5.41) is 0. The number of hydrogen-bond acceptors (Lipinski definition) is 1. The van der Waals surface area contributed by atoms with E-state index in [9.17, 15) is 4.39 Å². The first-order valence-corrected chi connectivity index (χ1v) is 9.79. The first-order chi connectivity index (χ1) is 11.8. The SMILES string of the molecule is CCOc1ccc(C2CCC(C3CCC(C=CF)CC3)CC2)cc1. The van der Waals surface area contributed by atoms with Crippen LogP contribution in [0.15, 0.2) is 36.7 Å². The lowest BCUT2D eigenvalue weighted by Crippen LogP contribution is -2.25. The summed E-state index contributed by atoms with van der Waals surface area (Å²) in [6, 6.07) is 8.74. The molecule has 2 heteroatoms. The number of benzene rings is 1. The molecule has 2 fully saturated rings. The molecule has 132 valence electrons. The van der Waals surface area contributed by atoms with Crippen molar-refractivity contribution < 1.29 is 9.13 Å². The van der Waals surface area contributed by atoms with Gasteiger partial charge in [0.2, 0.25) is 0 Å². The maximum atomic E-state index is 12.3. The van der Waals surface area contributed by atoms with E-state index in [1.807, 2.05) is 6.92 Å². The zero-order valence-corrected chi connectivity index (χ0v) is 14.9. The van der Waals surface area contributed by atoms with E-state index in [1.54, 1.807) is 6.08 Å². The highest BCUT2D eigenvalue weighted by Gasteiger charge is 2.30. The third-order valence-corrected chi connectivity index (χ3v) is 6.26. The number of allylic oxidation sites excluding steroid dienone is 1. The Morgan fingerprint density at radius 3 is 2.04 bits per heavy atom. The summed E-state index contributed by atoms with van der Waals surface area (Å²) in [6.45, 7) is 2.75. The normalized spacial score (nSPS) is 31.2. The number of hydrogen-bond donors (Lipinski definition) is 0. The molecule has 0 N–H and O–H groups in total. The Hall–Kier alpha value is -1.31. The van der Waals surface area contributed by atoms with Crippen LogP contribution in [0, 0.1) is 17.8 Å². The van der Waals surface area contributed by atoms with Gasteiger partial charge in [0.25, 0.3) is 0 Å². The zero-order valence-electron chi connectivity index (χ0n) is 14.9. The molecule has 24 heavy (non-hydrogen) atoms.